The van der Waals surface area contributed by atoms with E-state index in [2.05, 4.69) is 5.32 Å². The summed E-state index contributed by atoms with van der Waals surface area (Å²) < 4.78 is 5.44. The summed E-state index contributed by atoms with van der Waals surface area (Å²) in [5.74, 6) is -1.14. The molecule has 0 aliphatic heterocycles. The molecule has 6 nitrogen and oxygen atoms in total. The number of rotatable bonds is 8. The van der Waals surface area contributed by atoms with Gasteiger partial charge in [0.1, 0.15) is 6.73 Å². The van der Waals surface area contributed by atoms with Crippen molar-refractivity contribution >= 4 is 11.9 Å². The number of nitrogens with zero attached hydrogens (tertiary/aromatic N) is 1. The zero-order valence-electron chi connectivity index (χ0n) is 16.8. The van der Waals surface area contributed by atoms with Crippen molar-refractivity contribution in [2.75, 3.05) is 19.8 Å². The number of carbonyl (C=O) groups excluding carboxylic acids is 1. The molecule has 2 fully saturated rings. The quantitative estimate of drug-likeness (QED) is 0.492. The van der Waals surface area contributed by atoms with Gasteiger partial charge in [0.15, 0.2) is 0 Å². The van der Waals surface area contributed by atoms with Gasteiger partial charge in [0.05, 0.1) is 13.1 Å². The first-order valence-electron chi connectivity index (χ1n) is 11.0. The molecule has 2 rings (SSSR count). The number of ether oxygens (including phenoxy) is 1. The van der Waals surface area contributed by atoms with Gasteiger partial charge in [-0.25, -0.2) is 0 Å². The molecule has 2 aliphatic rings. The Labute approximate surface area is 164 Å². The molecular weight excluding hydrogens is 344 g/mol. The van der Waals surface area contributed by atoms with Crippen molar-refractivity contribution in [3.8, 4) is 0 Å². The van der Waals surface area contributed by atoms with Gasteiger partial charge < -0.3 is 15.2 Å². The lowest BCUT2D eigenvalue weighted by atomic mass is 9.96. The Balaban J connectivity index is 1.74. The fourth-order valence-corrected chi connectivity index (χ4v) is 4.35. The molecule has 2 N–H and O–H groups in total. The highest BCUT2D eigenvalue weighted by atomic mass is 16.5. The maximum absolute atomic E-state index is 12.2. The molecule has 0 bridgehead atoms. The molecule has 0 amide bonds. The second kappa shape index (κ2) is 13.1. The lowest BCUT2D eigenvalue weighted by Crippen LogP contribution is -2.43. The standard InChI is InChI=1S/C21H38N2O4/c24-20(25)16-23(19-13-9-5-2-6-10-14-19)17-27-21(26)15-22-18-11-7-3-1-4-8-12-18/h18-19,22H,1-17H2,(H,24,25). The van der Waals surface area contributed by atoms with Gasteiger partial charge in [-0.3, -0.25) is 14.5 Å². The first-order valence-corrected chi connectivity index (χ1v) is 11.0. The van der Waals surface area contributed by atoms with Crippen LogP contribution >= 0.6 is 0 Å². The molecule has 27 heavy (non-hydrogen) atoms. The first kappa shape index (κ1) is 22.2. The third-order valence-corrected chi connectivity index (χ3v) is 5.96. The van der Waals surface area contributed by atoms with Crippen LogP contribution in [0.3, 0.4) is 0 Å². The molecule has 2 aliphatic carbocycles. The molecule has 0 radical (unpaired) electrons. The van der Waals surface area contributed by atoms with Crippen LogP contribution in [0.25, 0.3) is 0 Å². The van der Waals surface area contributed by atoms with Crippen molar-refractivity contribution in [3.63, 3.8) is 0 Å². The number of hydrogen-bond donors (Lipinski definition) is 2. The highest BCUT2D eigenvalue weighted by Crippen LogP contribution is 2.21. The van der Waals surface area contributed by atoms with Crippen LogP contribution in [-0.4, -0.2) is 53.8 Å². The number of carboxylic acids is 1. The Morgan fingerprint density at radius 3 is 1.93 bits per heavy atom. The number of aliphatic carboxylic acids is 1. The molecule has 0 aromatic carbocycles. The maximum Gasteiger partial charge on any atom is 0.321 e. The lowest BCUT2D eigenvalue weighted by Gasteiger charge is -2.31. The fraction of sp³-hybridized carbons (Fsp3) is 0.905. The molecular formula is C21H38N2O4. The molecule has 0 saturated heterocycles. The summed E-state index contributed by atoms with van der Waals surface area (Å²) in [5, 5.41) is 12.6. The topological polar surface area (TPSA) is 78.9 Å². The van der Waals surface area contributed by atoms with Crippen LogP contribution in [0.4, 0.5) is 0 Å². The van der Waals surface area contributed by atoms with E-state index in [0.29, 0.717) is 6.04 Å². The fourth-order valence-electron chi connectivity index (χ4n) is 4.35. The van der Waals surface area contributed by atoms with Crippen molar-refractivity contribution in [3.05, 3.63) is 0 Å². The minimum atomic E-state index is -0.860. The largest absolute Gasteiger partial charge is 0.480 e. The second-order valence-corrected chi connectivity index (χ2v) is 8.21. The van der Waals surface area contributed by atoms with Crippen molar-refractivity contribution < 1.29 is 19.4 Å². The smallest absolute Gasteiger partial charge is 0.321 e. The van der Waals surface area contributed by atoms with Crippen molar-refractivity contribution in [2.24, 2.45) is 0 Å². The zero-order valence-corrected chi connectivity index (χ0v) is 16.8. The zero-order chi connectivity index (χ0) is 19.3. The number of carboxylic acid groups (broad SMARTS) is 1. The van der Waals surface area contributed by atoms with E-state index in [-0.39, 0.29) is 31.8 Å². The van der Waals surface area contributed by atoms with Gasteiger partial charge in [0.2, 0.25) is 0 Å². The minimum Gasteiger partial charge on any atom is -0.480 e. The summed E-state index contributed by atoms with van der Waals surface area (Å²) in [6.07, 6.45) is 16.5. The first-order chi connectivity index (χ1) is 13.1. The van der Waals surface area contributed by atoms with E-state index < -0.39 is 5.97 Å². The van der Waals surface area contributed by atoms with Gasteiger partial charge in [-0.2, -0.15) is 0 Å². The average molecular weight is 383 g/mol. The van der Waals surface area contributed by atoms with E-state index in [1.807, 2.05) is 4.90 Å². The molecule has 0 atom stereocenters. The lowest BCUT2D eigenvalue weighted by molar-refractivity contribution is -0.153. The SMILES string of the molecule is O=C(O)CN(COC(=O)CNC1CCCCCCC1)C1CCCCCCC1. The van der Waals surface area contributed by atoms with Gasteiger partial charge in [-0.1, -0.05) is 64.2 Å². The average Bonchev–Trinajstić information content (AvgIpc) is 2.57. The van der Waals surface area contributed by atoms with Gasteiger partial charge in [-0.15, -0.1) is 0 Å². The Morgan fingerprint density at radius 1 is 0.852 bits per heavy atom. The van der Waals surface area contributed by atoms with E-state index in [1.165, 1.54) is 51.4 Å². The van der Waals surface area contributed by atoms with Crippen LogP contribution in [0.1, 0.15) is 89.9 Å². The van der Waals surface area contributed by atoms with E-state index in [0.717, 1.165) is 38.5 Å². The number of hydrogen-bond acceptors (Lipinski definition) is 5. The minimum absolute atomic E-state index is 0.0615. The highest BCUT2D eigenvalue weighted by molar-refractivity contribution is 5.72. The van der Waals surface area contributed by atoms with Crippen LogP contribution in [-0.2, 0) is 14.3 Å². The summed E-state index contributed by atoms with van der Waals surface area (Å²) in [6.45, 7) is 0.242. The van der Waals surface area contributed by atoms with Gasteiger partial charge in [0, 0.05) is 12.1 Å². The molecule has 0 aromatic rings. The van der Waals surface area contributed by atoms with Crippen LogP contribution in [0.15, 0.2) is 0 Å². The predicted molar refractivity (Wildman–Crippen MR) is 106 cm³/mol. The number of esters is 1. The van der Waals surface area contributed by atoms with Crippen molar-refractivity contribution in [2.45, 2.75) is 102 Å². The van der Waals surface area contributed by atoms with Gasteiger partial charge in [0.25, 0.3) is 0 Å². The van der Waals surface area contributed by atoms with E-state index in [9.17, 15) is 14.7 Å². The highest BCUT2D eigenvalue weighted by Gasteiger charge is 2.23. The van der Waals surface area contributed by atoms with Crippen LogP contribution in [0.5, 0.6) is 0 Å². The molecule has 2 saturated carbocycles. The Hall–Kier alpha value is -1.14. The Morgan fingerprint density at radius 2 is 1.37 bits per heavy atom. The van der Waals surface area contributed by atoms with E-state index in [1.54, 1.807) is 0 Å². The molecule has 0 spiro atoms. The van der Waals surface area contributed by atoms with Gasteiger partial charge >= 0.3 is 11.9 Å². The van der Waals surface area contributed by atoms with Crippen molar-refractivity contribution in [1.29, 1.82) is 0 Å². The molecule has 156 valence electrons. The summed E-state index contributed by atoms with van der Waals surface area (Å²) in [5.41, 5.74) is 0. The monoisotopic (exact) mass is 382 g/mol. The molecule has 0 heterocycles. The third kappa shape index (κ3) is 9.56. The number of carbonyl (C=O) groups is 2. The predicted octanol–water partition coefficient (Wildman–Crippen LogP) is 3.69. The Kier molecular flexibility index (Phi) is 10.8. The van der Waals surface area contributed by atoms with Crippen LogP contribution < -0.4 is 5.32 Å². The summed E-state index contributed by atoms with van der Waals surface area (Å²) in [7, 11) is 0. The third-order valence-electron chi connectivity index (χ3n) is 5.96. The van der Waals surface area contributed by atoms with Crippen molar-refractivity contribution in [1.82, 2.24) is 10.2 Å². The normalized spacial score (nSPS) is 21.1. The summed E-state index contributed by atoms with van der Waals surface area (Å²) in [6, 6.07) is 0.603. The van der Waals surface area contributed by atoms with E-state index in [4.69, 9.17) is 4.74 Å². The number of nitrogens with one attached hydrogen (secondary N) is 1. The summed E-state index contributed by atoms with van der Waals surface area (Å²) >= 11 is 0. The van der Waals surface area contributed by atoms with Crippen LogP contribution in [0.2, 0.25) is 0 Å². The van der Waals surface area contributed by atoms with Gasteiger partial charge in [-0.05, 0) is 25.7 Å². The summed E-state index contributed by atoms with van der Waals surface area (Å²) in [4.78, 5) is 25.3. The van der Waals surface area contributed by atoms with Crippen LogP contribution in [0, 0.1) is 0 Å². The Bertz CT molecular complexity index is 428. The van der Waals surface area contributed by atoms with E-state index >= 15 is 0 Å². The molecule has 0 unspecified atom stereocenters. The second-order valence-electron chi connectivity index (χ2n) is 8.21. The molecule has 0 aromatic heterocycles. The maximum atomic E-state index is 12.2. The molecule has 6 heteroatoms.